The molecule has 0 bridgehead atoms. The predicted molar refractivity (Wildman–Crippen MR) is 100 cm³/mol. The molecule has 134 valence electrons. The second kappa shape index (κ2) is 6.06. The van der Waals surface area contributed by atoms with Gasteiger partial charge in [-0.3, -0.25) is 0 Å². The first kappa shape index (κ1) is 17.0. The number of fused-ring (bicyclic) bond motifs is 5. The number of hydrogen-bond acceptors (Lipinski definition) is 2. The molecule has 1 fully saturated rings. The van der Waals surface area contributed by atoms with Gasteiger partial charge in [0.15, 0.2) is 0 Å². The van der Waals surface area contributed by atoms with Crippen LogP contribution >= 0.6 is 0 Å². The highest BCUT2D eigenvalue weighted by Crippen LogP contribution is 2.63. The van der Waals surface area contributed by atoms with Crippen molar-refractivity contribution in [3.05, 3.63) is 35.6 Å². The van der Waals surface area contributed by atoms with Crippen molar-refractivity contribution in [2.75, 3.05) is 6.61 Å². The minimum absolute atomic E-state index is 0.157. The van der Waals surface area contributed by atoms with Crippen LogP contribution in [0.25, 0.3) is 0 Å². The van der Waals surface area contributed by atoms with E-state index in [1.165, 1.54) is 18.4 Å². The van der Waals surface area contributed by atoms with Gasteiger partial charge in [-0.25, -0.2) is 0 Å². The molecule has 0 aromatic carbocycles. The van der Waals surface area contributed by atoms with Gasteiger partial charge in [0.25, 0.3) is 0 Å². The Morgan fingerprint density at radius 3 is 2.88 bits per heavy atom. The third-order valence-electron chi connectivity index (χ3n) is 7.66. The van der Waals surface area contributed by atoms with Gasteiger partial charge >= 0.3 is 0 Å². The summed E-state index contributed by atoms with van der Waals surface area (Å²) in [4.78, 5) is 0. The average molecular weight is 338 g/mol. The zero-order valence-electron chi connectivity index (χ0n) is 15.5. The lowest BCUT2D eigenvalue weighted by Crippen LogP contribution is -2.53. The molecule has 0 unspecified atom stereocenters. The molecule has 6 atom stereocenters. The highest BCUT2D eigenvalue weighted by Gasteiger charge is 2.60. The summed E-state index contributed by atoms with van der Waals surface area (Å²) in [5, 5.41) is 11.1. The molecule has 0 aromatic heterocycles. The summed E-state index contributed by atoms with van der Waals surface area (Å²) in [5.41, 5.74) is 0.278. The monoisotopic (exact) mass is 338 g/mol. The van der Waals surface area contributed by atoms with Crippen molar-refractivity contribution in [3.63, 3.8) is 0 Å². The zero-order chi connectivity index (χ0) is 17.7. The molecule has 2 heteroatoms. The third-order valence-corrected chi connectivity index (χ3v) is 7.66. The molecule has 0 spiro atoms. The van der Waals surface area contributed by atoms with Gasteiger partial charge in [-0.15, -0.1) is 6.42 Å². The van der Waals surface area contributed by atoms with Gasteiger partial charge in [-0.2, -0.15) is 0 Å². The van der Waals surface area contributed by atoms with Gasteiger partial charge in [0, 0.05) is 11.8 Å². The van der Waals surface area contributed by atoms with Crippen LogP contribution in [0.4, 0.5) is 0 Å². The van der Waals surface area contributed by atoms with Crippen LogP contribution in [0.3, 0.4) is 0 Å². The van der Waals surface area contributed by atoms with Crippen LogP contribution in [0.1, 0.15) is 52.4 Å². The molecule has 1 saturated carbocycles. The van der Waals surface area contributed by atoms with Gasteiger partial charge in [0.1, 0.15) is 5.60 Å². The zero-order valence-corrected chi connectivity index (χ0v) is 15.5. The summed E-state index contributed by atoms with van der Waals surface area (Å²) in [6.45, 7) is 5.01. The first-order chi connectivity index (χ1) is 12.1. The molecule has 0 aromatic rings. The van der Waals surface area contributed by atoms with Crippen LogP contribution in [0.5, 0.6) is 0 Å². The smallest absolute Gasteiger partial charge is 0.149 e. The molecule has 4 aliphatic carbocycles. The molecular formula is C23H30O2. The van der Waals surface area contributed by atoms with Crippen molar-refractivity contribution in [2.24, 2.45) is 29.1 Å². The molecule has 0 heterocycles. The highest BCUT2D eigenvalue weighted by atomic mass is 16.5. The number of ether oxygens (including phenoxy) is 1. The van der Waals surface area contributed by atoms with Gasteiger partial charge in [-0.1, -0.05) is 25.0 Å². The molecule has 4 aliphatic rings. The summed E-state index contributed by atoms with van der Waals surface area (Å²) in [6, 6.07) is 0. The molecule has 0 saturated heterocycles. The van der Waals surface area contributed by atoms with Crippen molar-refractivity contribution >= 4 is 0 Å². The van der Waals surface area contributed by atoms with E-state index in [0.29, 0.717) is 23.7 Å². The van der Waals surface area contributed by atoms with Gasteiger partial charge in [-0.05, 0) is 80.4 Å². The Hall–Kier alpha value is -1.46. The van der Waals surface area contributed by atoms with E-state index in [1.807, 2.05) is 6.08 Å². The maximum atomic E-state index is 11.1. The number of allylic oxidation sites excluding steroid dienone is 5. The van der Waals surface area contributed by atoms with Crippen molar-refractivity contribution in [1.29, 1.82) is 0 Å². The minimum atomic E-state index is -1.06. The van der Waals surface area contributed by atoms with E-state index in [1.54, 1.807) is 0 Å². The predicted octanol–water partition coefficient (Wildman–Crippen LogP) is 4.62. The second-order valence-corrected chi connectivity index (χ2v) is 8.30. The number of hydrogen-bond donors (Lipinski definition) is 1. The van der Waals surface area contributed by atoms with Crippen LogP contribution in [0, 0.1) is 41.4 Å². The molecule has 0 radical (unpaired) electrons. The lowest BCUT2D eigenvalue weighted by atomic mass is 9.50. The number of rotatable bonds is 3. The largest absolute Gasteiger partial charge is 0.498 e. The Kier molecular flexibility index (Phi) is 4.12. The van der Waals surface area contributed by atoms with E-state index in [9.17, 15) is 5.11 Å². The van der Waals surface area contributed by atoms with E-state index in [-0.39, 0.29) is 5.41 Å². The molecule has 2 nitrogen and oxygen atoms in total. The summed E-state index contributed by atoms with van der Waals surface area (Å²) < 4.78 is 5.77. The van der Waals surface area contributed by atoms with Crippen molar-refractivity contribution < 1.29 is 9.84 Å². The first-order valence-electron chi connectivity index (χ1n) is 10.0. The summed E-state index contributed by atoms with van der Waals surface area (Å²) in [6.07, 6.45) is 21.2. The SMILES string of the molecule is C#C[C@]1(O)C=C[C@H]2[C@@H]3CC=C4C=C(OCC)CC[C@@H]4[C@H]3CC[C@@]21CC. The van der Waals surface area contributed by atoms with Crippen LogP contribution in [0.15, 0.2) is 35.6 Å². The molecule has 1 N–H and O–H groups in total. The van der Waals surface area contributed by atoms with Crippen molar-refractivity contribution in [3.8, 4) is 12.3 Å². The maximum absolute atomic E-state index is 11.1. The Morgan fingerprint density at radius 1 is 1.32 bits per heavy atom. The average Bonchev–Trinajstić information content (AvgIpc) is 2.95. The van der Waals surface area contributed by atoms with Gasteiger partial charge in [0.2, 0.25) is 0 Å². The third kappa shape index (κ3) is 2.28. The lowest BCUT2D eigenvalue weighted by molar-refractivity contribution is -0.0823. The van der Waals surface area contributed by atoms with Crippen LogP contribution in [0.2, 0.25) is 0 Å². The first-order valence-corrected chi connectivity index (χ1v) is 10.0. The maximum Gasteiger partial charge on any atom is 0.149 e. The summed E-state index contributed by atoms with van der Waals surface area (Å²) in [5.74, 6) is 6.29. The minimum Gasteiger partial charge on any atom is -0.498 e. The Labute approximate surface area is 152 Å². The molecule has 0 aliphatic heterocycles. The second-order valence-electron chi connectivity index (χ2n) is 8.30. The van der Waals surface area contributed by atoms with E-state index in [4.69, 9.17) is 11.2 Å². The highest BCUT2D eigenvalue weighted by molar-refractivity contribution is 5.38. The lowest BCUT2D eigenvalue weighted by Gasteiger charge is -2.55. The van der Waals surface area contributed by atoms with Gasteiger partial charge < -0.3 is 9.84 Å². The Balaban J connectivity index is 1.65. The fourth-order valence-electron chi connectivity index (χ4n) is 6.43. The topological polar surface area (TPSA) is 29.5 Å². The molecule has 0 amide bonds. The van der Waals surface area contributed by atoms with Crippen LogP contribution in [-0.2, 0) is 4.74 Å². The van der Waals surface area contributed by atoms with Crippen LogP contribution in [-0.4, -0.2) is 17.3 Å². The van der Waals surface area contributed by atoms with Crippen LogP contribution < -0.4 is 0 Å². The quantitative estimate of drug-likeness (QED) is 0.601. The van der Waals surface area contributed by atoms with E-state index in [0.717, 1.165) is 38.0 Å². The summed E-state index contributed by atoms with van der Waals surface area (Å²) >= 11 is 0. The Bertz CT molecular complexity index is 679. The molecule has 25 heavy (non-hydrogen) atoms. The normalized spacial score (nSPS) is 44.7. The number of aliphatic hydroxyl groups is 1. The standard InChI is InChI=1S/C23H30O2/c1-4-22-13-11-19-18-10-8-17(25-6-3)15-16(18)7-9-20(19)21(22)12-14-23(22,24)5-2/h2,7,12,14-15,18-21,24H,4,6,8-11,13H2,1,3H3/t18-,19+,20+,21-,22-,23-/m0/s1. The van der Waals surface area contributed by atoms with Crippen molar-refractivity contribution in [1.82, 2.24) is 0 Å². The number of terminal acetylenes is 1. The Morgan fingerprint density at radius 2 is 2.16 bits per heavy atom. The molecule has 4 rings (SSSR count). The molecular weight excluding hydrogens is 308 g/mol. The van der Waals surface area contributed by atoms with Gasteiger partial charge in [0.05, 0.1) is 12.4 Å². The van der Waals surface area contributed by atoms with Crippen molar-refractivity contribution in [2.45, 2.75) is 58.0 Å². The van der Waals surface area contributed by atoms with E-state index < -0.39 is 5.60 Å². The van der Waals surface area contributed by atoms with E-state index >= 15 is 0 Å². The van der Waals surface area contributed by atoms with E-state index in [2.05, 4.69) is 38.0 Å². The fourth-order valence-corrected chi connectivity index (χ4v) is 6.43. The summed E-state index contributed by atoms with van der Waals surface area (Å²) in [7, 11) is 0. The fraction of sp³-hybridized carbons (Fsp3) is 0.652.